The molecule has 1 N–H and O–H groups in total. The second-order valence-corrected chi connectivity index (χ2v) is 7.57. The largest absolute Gasteiger partial charge is 0.477 e. The number of rotatable bonds is 9. The van der Waals surface area contributed by atoms with Crippen molar-refractivity contribution in [2.75, 3.05) is 6.61 Å². The summed E-state index contributed by atoms with van der Waals surface area (Å²) in [6, 6.07) is 19.9. The summed E-state index contributed by atoms with van der Waals surface area (Å²) in [5.41, 5.74) is 3.29. The number of hydrazone groups is 1. The summed E-state index contributed by atoms with van der Waals surface area (Å²) in [6.45, 7) is -0.479. The molecule has 1 amide bonds. The normalized spacial score (nSPS) is 10.9. The Bertz CT molecular complexity index is 1240. The fourth-order valence-electron chi connectivity index (χ4n) is 2.66. The Kier molecular flexibility index (Phi) is 8.64. The van der Waals surface area contributed by atoms with E-state index >= 15 is 0 Å². The van der Waals surface area contributed by atoms with Crippen LogP contribution in [0.15, 0.2) is 88.4 Å². The number of nitro benzene ring substituents is 1. The zero-order valence-corrected chi connectivity index (χ0v) is 19.2. The summed E-state index contributed by atoms with van der Waals surface area (Å²) < 4.78 is 11.3. The van der Waals surface area contributed by atoms with Gasteiger partial charge in [0, 0.05) is 22.2 Å². The van der Waals surface area contributed by atoms with Gasteiger partial charge in [0.05, 0.1) is 11.1 Å². The lowest BCUT2D eigenvalue weighted by atomic mass is 10.2. The molecule has 0 bridgehead atoms. The molecule has 0 aliphatic rings. The molecule has 34 heavy (non-hydrogen) atoms. The summed E-state index contributed by atoms with van der Waals surface area (Å²) in [5.74, 6) is -1.01. The van der Waals surface area contributed by atoms with Gasteiger partial charge < -0.3 is 9.47 Å². The van der Waals surface area contributed by atoms with Crippen LogP contribution in [0.3, 0.4) is 0 Å². The number of carbonyl (C=O) groups excluding carboxylic acids is 2. The van der Waals surface area contributed by atoms with E-state index in [0.29, 0.717) is 10.0 Å². The predicted octanol–water partition coefficient (Wildman–Crippen LogP) is 4.51. The van der Waals surface area contributed by atoms with Crippen LogP contribution in [-0.4, -0.2) is 29.6 Å². The predicted molar refractivity (Wildman–Crippen MR) is 130 cm³/mol. The van der Waals surface area contributed by atoms with Crippen LogP contribution in [-0.2, 0) is 9.59 Å². The van der Waals surface area contributed by atoms with Crippen molar-refractivity contribution in [1.82, 2.24) is 5.43 Å². The lowest BCUT2D eigenvalue weighted by Crippen LogP contribution is -2.24. The Morgan fingerprint density at radius 2 is 1.76 bits per heavy atom. The average molecular weight is 524 g/mol. The molecular formula is C24H18BrN3O6. The molecule has 0 saturated heterocycles. The maximum absolute atomic E-state index is 12.2. The molecule has 3 aromatic carbocycles. The van der Waals surface area contributed by atoms with Crippen molar-refractivity contribution in [2.24, 2.45) is 5.10 Å². The first-order valence-electron chi connectivity index (χ1n) is 9.85. The van der Waals surface area contributed by atoms with E-state index < -0.39 is 23.4 Å². The van der Waals surface area contributed by atoms with E-state index in [2.05, 4.69) is 26.5 Å². The SMILES string of the molecule is O=C(COc1ccccc1[N+](=O)[O-])NN=Cc1cc(Br)ccc1OC(=O)C=Cc1ccccc1. The number of hydrogen-bond acceptors (Lipinski definition) is 7. The molecule has 0 spiro atoms. The number of carbonyl (C=O) groups is 2. The quantitative estimate of drug-likeness (QED) is 0.110. The molecule has 10 heteroatoms. The number of amides is 1. The highest BCUT2D eigenvalue weighted by molar-refractivity contribution is 9.10. The molecule has 0 unspecified atom stereocenters. The molecule has 172 valence electrons. The highest BCUT2D eigenvalue weighted by Crippen LogP contribution is 2.25. The van der Waals surface area contributed by atoms with Gasteiger partial charge >= 0.3 is 11.7 Å². The second-order valence-electron chi connectivity index (χ2n) is 6.65. The Morgan fingerprint density at radius 1 is 1.03 bits per heavy atom. The molecule has 0 fully saturated rings. The van der Waals surface area contributed by atoms with Gasteiger partial charge in [-0.25, -0.2) is 10.2 Å². The first kappa shape index (κ1) is 24.3. The molecule has 0 aliphatic heterocycles. The number of ether oxygens (including phenoxy) is 2. The first-order chi connectivity index (χ1) is 16.4. The number of halogens is 1. The van der Waals surface area contributed by atoms with Crippen molar-refractivity contribution in [3.8, 4) is 11.5 Å². The van der Waals surface area contributed by atoms with E-state index in [9.17, 15) is 19.7 Å². The van der Waals surface area contributed by atoms with Crippen LogP contribution in [0, 0.1) is 10.1 Å². The molecule has 0 atom stereocenters. The maximum Gasteiger partial charge on any atom is 0.336 e. The van der Waals surface area contributed by atoms with Gasteiger partial charge in [-0.05, 0) is 35.9 Å². The first-order valence-corrected chi connectivity index (χ1v) is 10.6. The number of nitrogens with one attached hydrogen (secondary N) is 1. The van der Waals surface area contributed by atoms with E-state index in [1.807, 2.05) is 30.3 Å². The third-order valence-corrected chi connectivity index (χ3v) is 4.70. The van der Waals surface area contributed by atoms with Gasteiger partial charge in [0.25, 0.3) is 5.91 Å². The Morgan fingerprint density at radius 3 is 2.53 bits per heavy atom. The monoisotopic (exact) mass is 523 g/mol. The molecular weight excluding hydrogens is 506 g/mol. The van der Waals surface area contributed by atoms with Crippen LogP contribution in [0.25, 0.3) is 6.08 Å². The van der Waals surface area contributed by atoms with Crippen LogP contribution < -0.4 is 14.9 Å². The lowest BCUT2D eigenvalue weighted by Gasteiger charge is -2.07. The third-order valence-electron chi connectivity index (χ3n) is 4.21. The minimum atomic E-state index is -0.631. The summed E-state index contributed by atoms with van der Waals surface area (Å²) in [6.07, 6.45) is 4.24. The third kappa shape index (κ3) is 7.38. The van der Waals surface area contributed by atoms with E-state index in [1.54, 1.807) is 30.3 Å². The van der Waals surface area contributed by atoms with Crippen LogP contribution in [0.2, 0.25) is 0 Å². The molecule has 0 aliphatic carbocycles. The van der Waals surface area contributed by atoms with Crippen molar-refractivity contribution < 1.29 is 24.0 Å². The Balaban J connectivity index is 1.59. The van der Waals surface area contributed by atoms with Crippen molar-refractivity contribution in [2.45, 2.75) is 0 Å². The van der Waals surface area contributed by atoms with Gasteiger partial charge in [0.15, 0.2) is 12.4 Å². The van der Waals surface area contributed by atoms with Crippen molar-refractivity contribution >= 4 is 45.8 Å². The standard InChI is InChI=1S/C24H18BrN3O6/c25-19-11-12-21(34-24(30)13-10-17-6-2-1-3-7-17)18(14-19)15-26-27-23(29)16-33-22-9-5-4-8-20(22)28(31)32/h1-15H,16H2,(H,27,29). The van der Waals surface area contributed by atoms with Gasteiger partial charge in [0.1, 0.15) is 5.75 Å². The molecule has 0 heterocycles. The van der Waals surface area contributed by atoms with Crippen molar-refractivity contribution in [3.05, 3.63) is 105 Å². The van der Waals surface area contributed by atoms with Gasteiger partial charge in [-0.2, -0.15) is 5.10 Å². The topological polar surface area (TPSA) is 120 Å². The zero-order valence-electron chi connectivity index (χ0n) is 17.6. The van der Waals surface area contributed by atoms with Crippen molar-refractivity contribution in [3.63, 3.8) is 0 Å². The molecule has 0 aromatic heterocycles. The number of hydrogen-bond donors (Lipinski definition) is 1. The van der Waals surface area contributed by atoms with Gasteiger partial charge in [-0.3, -0.25) is 14.9 Å². The molecule has 0 radical (unpaired) electrons. The summed E-state index contributed by atoms with van der Waals surface area (Å²) in [4.78, 5) is 34.6. The van der Waals surface area contributed by atoms with Gasteiger partial charge in [-0.1, -0.05) is 58.4 Å². The van der Waals surface area contributed by atoms with E-state index in [1.165, 1.54) is 30.5 Å². The van der Waals surface area contributed by atoms with Crippen LogP contribution in [0.5, 0.6) is 11.5 Å². The van der Waals surface area contributed by atoms with Gasteiger partial charge in [0.2, 0.25) is 0 Å². The fraction of sp³-hybridized carbons (Fsp3) is 0.0417. The van der Waals surface area contributed by atoms with Gasteiger partial charge in [-0.15, -0.1) is 0 Å². The van der Waals surface area contributed by atoms with Crippen LogP contribution >= 0.6 is 15.9 Å². The average Bonchev–Trinajstić information content (AvgIpc) is 2.84. The smallest absolute Gasteiger partial charge is 0.336 e. The number of para-hydroxylation sites is 2. The molecule has 0 saturated carbocycles. The minimum absolute atomic E-state index is 0.0311. The number of nitro groups is 1. The highest BCUT2D eigenvalue weighted by atomic mass is 79.9. The summed E-state index contributed by atoms with van der Waals surface area (Å²) in [7, 11) is 0. The maximum atomic E-state index is 12.2. The lowest BCUT2D eigenvalue weighted by molar-refractivity contribution is -0.385. The second kappa shape index (κ2) is 12.1. The van der Waals surface area contributed by atoms with Crippen molar-refractivity contribution in [1.29, 1.82) is 0 Å². The molecule has 3 aromatic rings. The Hall–Kier alpha value is -4.31. The van der Waals surface area contributed by atoms with E-state index in [4.69, 9.17) is 9.47 Å². The highest BCUT2D eigenvalue weighted by Gasteiger charge is 2.14. The van der Waals surface area contributed by atoms with E-state index in [0.717, 1.165) is 5.56 Å². The number of esters is 1. The summed E-state index contributed by atoms with van der Waals surface area (Å²) in [5, 5.41) is 14.8. The van der Waals surface area contributed by atoms with E-state index in [-0.39, 0.29) is 17.2 Å². The number of nitrogens with zero attached hydrogens (tertiary/aromatic N) is 2. The zero-order chi connectivity index (χ0) is 24.3. The molecule has 9 nitrogen and oxygen atoms in total. The Labute approximate surface area is 203 Å². The number of benzene rings is 3. The molecule has 3 rings (SSSR count). The minimum Gasteiger partial charge on any atom is -0.477 e. The van der Waals surface area contributed by atoms with Crippen LogP contribution in [0.1, 0.15) is 11.1 Å². The summed E-state index contributed by atoms with van der Waals surface area (Å²) >= 11 is 3.34. The fourth-order valence-corrected chi connectivity index (χ4v) is 3.04. The van der Waals surface area contributed by atoms with Crippen LogP contribution in [0.4, 0.5) is 5.69 Å².